The van der Waals surface area contributed by atoms with Gasteiger partial charge in [0.05, 0.1) is 0 Å². The molecule has 0 radical (unpaired) electrons. The largest absolute Gasteiger partial charge is 0.309 e. The van der Waals surface area contributed by atoms with E-state index in [1.807, 2.05) is 23.1 Å². The second kappa shape index (κ2) is 7.28. The van der Waals surface area contributed by atoms with Crippen LogP contribution in [0.2, 0.25) is 0 Å². The van der Waals surface area contributed by atoms with E-state index in [-0.39, 0.29) is 17.7 Å². The van der Waals surface area contributed by atoms with Crippen molar-refractivity contribution in [2.45, 2.75) is 52.5 Å². The molecule has 1 amide bonds. The number of Topliss-reactive ketones (excluding diaryl/α,β-unsaturated/α-hetero) is 1. The van der Waals surface area contributed by atoms with Crippen LogP contribution in [-0.4, -0.2) is 23.6 Å². The molecule has 0 aromatic heterocycles. The smallest absolute Gasteiger partial charge is 0.227 e. The van der Waals surface area contributed by atoms with Gasteiger partial charge in [0.1, 0.15) is 0 Å². The Morgan fingerprint density at radius 3 is 2.73 bits per heavy atom. The monoisotopic (exact) mass is 321 g/mol. The van der Waals surface area contributed by atoms with Crippen LogP contribution in [0.5, 0.6) is 0 Å². The van der Waals surface area contributed by atoms with Crippen molar-refractivity contribution in [2.75, 3.05) is 10.8 Å². The summed E-state index contributed by atoms with van der Waals surface area (Å²) >= 11 is 5.64. The predicted molar refractivity (Wildman–Crippen MR) is 90.8 cm³/mol. The normalized spacial score (nSPS) is 17.0. The molecule has 0 fully saturated rings. The second-order valence-electron chi connectivity index (χ2n) is 6.47. The zero-order valence-electron chi connectivity index (χ0n) is 13.6. The molecule has 1 unspecified atom stereocenters. The van der Waals surface area contributed by atoms with Gasteiger partial charge in [-0.05, 0) is 49.4 Å². The fourth-order valence-electron chi connectivity index (χ4n) is 3.00. The number of rotatable bonds is 6. The summed E-state index contributed by atoms with van der Waals surface area (Å²) in [5, 5.41) is 0. The highest BCUT2D eigenvalue weighted by Crippen LogP contribution is 2.34. The summed E-state index contributed by atoms with van der Waals surface area (Å²) in [5.41, 5.74) is 2.79. The zero-order valence-corrected chi connectivity index (χ0v) is 14.3. The Balaban J connectivity index is 2.20. The van der Waals surface area contributed by atoms with Gasteiger partial charge in [-0.1, -0.05) is 13.8 Å². The average molecular weight is 322 g/mol. The first-order valence-electron chi connectivity index (χ1n) is 7.98. The molecule has 0 spiro atoms. The molecule has 1 aliphatic heterocycles. The molecular weight excluding hydrogens is 298 g/mol. The number of carbonyl (C=O) groups excluding carboxylic acids is 2. The van der Waals surface area contributed by atoms with Crippen molar-refractivity contribution in [3.63, 3.8) is 0 Å². The van der Waals surface area contributed by atoms with Gasteiger partial charge in [0.25, 0.3) is 0 Å². The third-order valence-electron chi connectivity index (χ3n) is 4.01. The van der Waals surface area contributed by atoms with E-state index in [0.29, 0.717) is 31.1 Å². The summed E-state index contributed by atoms with van der Waals surface area (Å²) in [6.07, 6.45) is 2.55. The van der Waals surface area contributed by atoms with Crippen molar-refractivity contribution in [1.29, 1.82) is 0 Å². The van der Waals surface area contributed by atoms with E-state index in [2.05, 4.69) is 20.8 Å². The molecule has 120 valence electrons. The summed E-state index contributed by atoms with van der Waals surface area (Å²) in [4.78, 5) is 26.4. The first-order chi connectivity index (χ1) is 10.4. The van der Waals surface area contributed by atoms with Gasteiger partial charge in [0, 0.05) is 36.0 Å². The Morgan fingerprint density at radius 2 is 2.09 bits per heavy atom. The van der Waals surface area contributed by atoms with Crippen molar-refractivity contribution in [3.8, 4) is 0 Å². The van der Waals surface area contributed by atoms with Gasteiger partial charge >= 0.3 is 0 Å². The minimum absolute atomic E-state index is 0.128. The van der Waals surface area contributed by atoms with Crippen LogP contribution in [0.4, 0.5) is 5.69 Å². The van der Waals surface area contributed by atoms with Gasteiger partial charge in [-0.3, -0.25) is 9.59 Å². The van der Waals surface area contributed by atoms with Crippen LogP contribution < -0.4 is 4.90 Å². The first-order valence-corrected chi connectivity index (χ1v) is 8.51. The van der Waals surface area contributed by atoms with Gasteiger partial charge in [-0.15, -0.1) is 11.6 Å². The van der Waals surface area contributed by atoms with Crippen LogP contribution in [0.25, 0.3) is 0 Å². The lowest BCUT2D eigenvalue weighted by Gasteiger charge is -2.23. The Kier molecular flexibility index (Phi) is 5.63. The van der Waals surface area contributed by atoms with Crippen LogP contribution in [0.15, 0.2) is 18.2 Å². The van der Waals surface area contributed by atoms with E-state index in [9.17, 15) is 9.59 Å². The topological polar surface area (TPSA) is 37.4 Å². The zero-order chi connectivity index (χ0) is 16.3. The fourth-order valence-corrected chi connectivity index (χ4v) is 3.14. The van der Waals surface area contributed by atoms with Gasteiger partial charge in [0.15, 0.2) is 5.78 Å². The Morgan fingerprint density at radius 1 is 1.36 bits per heavy atom. The number of benzene rings is 1. The third-order valence-corrected chi connectivity index (χ3v) is 4.27. The maximum Gasteiger partial charge on any atom is 0.227 e. The lowest BCUT2D eigenvalue weighted by atomic mass is 10.0. The van der Waals surface area contributed by atoms with E-state index in [0.717, 1.165) is 23.2 Å². The minimum Gasteiger partial charge on any atom is -0.309 e. The molecule has 1 aromatic rings. The number of alkyl halides is 1. The summed E-state index contributed by atoms with van der Waals surface area (Å²) in [7, 11) is 0. The van der Waals surface area contributed by atoms with E-state index in [4.69, 9.17) is 11.6 Å². The van der Waals surface area contributed by atoms with Crippen LogP contribution >= 0.6 is 11.6 Å². The molecule has 4 heteroatoms. The summed E-state index contributed by atoms with van der Waals surface area (Å²) in [6.45, 7) is 6.17. The number of ketones is 1. The number of hydrogen-bond acceptors (Lipinski definition) is 2. The summed E-state index contributed by atoms with van der Waals surface area (Å²) in [6, 6.07) is 5.87. The number of hydrogen-bond donors (Lipinski definition) is 0. The van der Waals surface area contributed by atoms with Crippen molar-refractivity contribution in [3.05, 3.63) is 29.3 Å². The molecule has 0 saturated carbocycles. The van der Waals surface area contributed by atoms with Crippen molar-refractivity contribution in [1.82, 2.24) is 0 Å². The molecular formula is C18H24ClNO2. The molecule has 0 aliphatic carbocycles. The number of halogens is 1. The van der Waals surface area contributed by atoms with Crippen molar-refractivity contribution < 1.29 is 9.59 Å². The number of carbonyl (C=O) groups is 2. The molecule has 0 N–H and O–H groups in total. The lowest BCUT2D eigenvalue weighted by molar-refractivity contribution is -0.119. The van der Waals surface area contributed by atoms with Gasteiger partial charge in [-0.2, -0.15) is 0 Å². The minimum atomic E-state index is 0.128. The molecule has 1 aliphatic rings. The highest BCUT2D eigenvalue weighted by atomic mass is 35.5. The standard InChI is InChI=1S/C18H24ClNO2/c1-12(2)9-18(22)20-13(3)10-15-11-14(6-7-16(15)20)17(21)5-4-8-19/h6-7,11-13H,4-5,8-10H2,1-3H3. The number of nitrogens with zero attached hydrogens (tertiary/aromatic N) is 1. The highest BCUT2D eigenvalue weighted by Gasteiger charge is 2.31. The first kappa shape index (κ1) is 17.0. The average Bonchev–Trinajstić information content (AvgIpc) is 2.78. The van der Waals surface area contributed by atoms with E-state index in [1.165, 1.54) is 0 Å². The molecule has 2 rings (SSSR count). The van der Waals surface area contributed by atoms with Gasteiger partial charge in [0.2, 0.25) is 5.91 Å². The predicted octanol–water partition coefficient (Wildman–Crippen LogP) is 4.21. The number of amides is 1. The van der Waals surface area contributed by atoms with Gasteiger partial charge < -0.3 is 4.90 Å². The molecule has 0 bridgehead atoms. The molecule has 3 nitrogen and oxygen atoms in total. The maximum absolute atomic E-state index is 12.4. The lowest BCUT2D eigenvalue weighted by Crippen LogP contribution is -2.36. The quantitative estimate of drug-likeness (QED) is 0.581. The number of fused-ring (bicyclic) bond motifs is 1. The Bertz CT molecular complexity index is 568. The van der Waals surface area contributed by atoms with Crippen LogP contribution in [0, 0.1) is 5.92 Å². The summed E-state index contributed by atoms with van der Waals surface area (Å²) < 4.78 is 0. The molecule has 22 heavy (non-hydrogen) atoms. The maximum atomic E-state index is 12.4. The van der Waals surface area contributed by atoms with Crippen molar-refractivity contribution in [2.24, 2.45) is 5.92 Å². The van der Waals surface area contributed by atoms with Crippen LogP contribution in [-0.2, 0) is 11.2 Å². The van der Waals surface area contributed by atoms with Crippen LogP contribution in [0.1, 0.15) is 56.0 Å². The van der Waals surface area contributed by atoms with E-state index >= 15 is 0 Å². The van der Waals surface area contributed by atoms with Crippen LogP contribution in [0.3, 0.4) is 0 Å². The van der Waals surface area contributed by atoms with Crippen molar-refractivity contribution >= 4 is 29.0 Å². The highest BCUT2D eigenvalue weighted by molar-refractivity contribution is 6.18. The molecule has 1 aromatic carbocycles. The SMILES string of the molecule is CC(C)CC(=O)N1c2ccc(C(=O)CCCCl)cc2CC1C. The Labute approximate surface area is 137 Å². The molecule has 0 saturated heterocycles. The Hall–Kier alpha value is -1.35. The van der Waals surface area contributed by atoms with Gasteiger partial charge in [-0.25, -0.2) is 0 Å². The van der Waals surface area contributed by atoms with E-state index in [1.54, 1.807) is 0 Å². The third kappa shape index (κ3) is 3.70. The fraction of sp³-hybridized carbons (Fsp3) is 0.556. The van der Waals surface area contributed by atoms with E-state index < -0.39 is 0 Å². The summed E-state index contributed by atoms with van der Waals surface area (Å²) in [5.74, 6) is 1.15. The molecule has 1 heterocycles. The number of anilines is 1. The second-order valence-corrected chi connectivity index (χ2v) is 6.85. The molecule has 1 atom stereocenters.